The summed E-state index contributed by atoms with van der Waals surface area (Å²) in [7, 11) is 0. The predicted octanol–water partition coefficient (Wildman–Crippen LogP) is 1.76. The second kappa shape index (κ2) is 9.84. The number of primary amides is 1. The van der Waals surface area contributed by atoms with Gasteiger partial charge >= 0.3 is 0 Å². The number of ether oxygens (including phenoxy) is 1. The maximum atomic E-state index is 12.3. The third-order valence-corrected chi connectivity index (χ3v) is 4.84. The Kier molecular flexibility index (Phi) is 6.97. The number of morpholine rings is 1. The normalized spacial score (nSPS) is 13.7. The molecule has 1 aliphatic heterocycles. The summed E-state index contributed by atoms with van der Waals surface area (Å²) >= 11 is 0. The number of benzene rings is 2. The molecule has 3 N–H and O–H groups in total. The Morgan fingerprint density at radius 3 is 2.17 bits per heavy atom. The predicted molar refractivity (Wildman–Crippen MR) is 109 cm³/mol. The van der Waals surface area contributed by atoms with Crippen LogP contribution in [-0.4, -0.2) is 48.9 Å². The molecule has 0 spiro atoms. The number of hydrogen-bond acceptors (Lipinski definition) is 4. The second-order valence-electron chi connectivity index (χ2n) is 6.98. The number of carbonyl (C=O) groups is 3. The van der Waals surface area contributed by atoms with Gasteiger partial charge < -0.3 is 20.7 Å². The van der Waals surface area contributed by atoms with Gasteiger partial charge in [0.25, 0.3) is 0 Å². The molecule has 2 aromatic carbocycles. The van der Waals surface area contributed by atoms with Crippen LogP contribution in [-0.2, 0) is 27.2 Å². The molecule has 7 heteroatoms. The fourth-order valence-corrected chi connectivity index (χ4v) is 3.12. The monoisotopic (exact) mass is 395 g/mol. The summed E-state index contributed by atoms with van der Waals surface area (Å²) in [4.78, 5) is 37.3. The highest BCUT2D eigenvalue weighted by Gasteiger charge is 2.16. The quantitative estimate of drug-likeness (QED) is 0.746. The van der Waals surface area contributed by atoms with Gasteiger partial charge in [0.1, 0.15) is 0 Å². The van der Waals surface area contributed by atoms with E-state index >= 15 is 0 Å². The Morgan fingerprint density at radius 2 is 1.55 bits per heavy atom. The number of nitrogens with one attached hydrogen (secondary N) is 1. The largest absolute Gasteiger partial charge is 0.378 e. The van der Waals surface area contributed by atoms with Gasteiger partial charge in [0.2, 0.25) is 17.7 Å². The van der Waals surface area contributed by atoms with E-state index in [1.165, 1.54) is 0 Å². The van der Waals surface area contributed by atoms with E-state index in [1.54, 1.807) is 24.3 Å². The van der Waals surface area contributed by atoms with E-state index in [2.05, 4.69) is 5.32 Å². The highest BCUT2D eigenvalue weighted by molar-refractivity contribution is 5.93. The summed E-state index contributed by atoms with van der Waals surface area (Å²) < 4.78 is 5.26. The number of carbonyl (C=O) groups excluding carboxylic acids is 3. The average molecular weight is 395 g/mol. The average Bonchev–Trinajstić information content (AvgIpc) is 2.74. The van der Waals surface area contributed by atoms with Crippen molar-refractivity contribution in [3.63, 3.8) is 0 Å². The minimum Gasteiger partial charge on any atom is -0.378 e. The van der Waals surface area contributed by atoms with Crippen LogP contribution >= 0.6 is 0 Å². The third-order valence-electron chi connectivity index (χ3n) is 4.84. The molecule has 0 unspecified atom stereocenters. The number of aryl methyl sites for hydroxylation is 1. The van der Waals surface area contributed by atoms with Gasteiger partial charge in [0.05, 0.1) is 19.6 Å². The molecule has 1 fully saturated rings. The van der Waals surface area contributed by atoms with Gasteiger partial charge in [-0.05, 0) is 41.8 Å². The Balaban J connectivity index is 1.45. The topological polar surface area (TPSA) is 102 Å². The Hall–Kier alpha value is -3.19. The number of hydrogen-bond donors (Lipinski definition) is 2. The van der Waals surface area contributed by atoms with E-state index in [0.29, 0.717) is 56.8 Å². The summed E-state index contributed by atoms with van der Waals surface area (Å²) in [6.45, 7) is 2.45. The highest BCUT2D eigenvalue weighted by atomic mass is 16.5. The van der Waals surface area contributed by atoms with Gasteiger partial charge in [0.15, 0.2) is 0 Å². The van der Waals surface area contributed by atoms with Gasteiger partial charge in [-0.15, -0.1) is 0 Å². The summed E-state index contributed by atoms with van der Waals surface area (Å²) in [5, 5.41) is 2.86. The molecule has 0 saturated carbocycles. The number of rotatable bonds is 7. The molecule has 0 aromatic heterocycles. The SMILES string of the molecule is NC(=O)c1ccc(CCC(=O)Nc2ccc(CC(=O)N3CCOCC3)cc2)cc1. The van der Waals surface area contributed by atoms with E-state index in [0.717, 1.165) is 11.1 Å². The van der Waals surface area contributed by atoms with Crippen LogP contribution in [0.1, 0.15) is 27.9 Å². The van der Waals surface area contributed by atoms with Gasteiger partial charge in [-0.3, -0.25) is 14.4 Å². The lowest BCUT2D eigenvalue weighted by atomic mass is 10.1. The van der Waals surface area contributed by atoms with Crippen LogP contribution in [0.5, 0.6) is 0 Å². The van der Waals surface area contributed by atoms with Crippen LogP contribution in [0.25, 0.3) is 0 Å². The lowest BCUT2D eigenvalue weighted by molar-refractivity contribution is -0.134. The number of nitrogens with zero attached hydrogens (tertiary/aromatic N) is 1. The molecule has 1 saturated heterocycles. The standard InChI is InChI=1S/C22H25N3O4/c23-22(28)18-6-1-16(2-7-18)5-10-20(26)24-19-8-3-17(4-9-19)15-21(27)25-11-13-29-14-12-25/h1-4,6-9H,5,10-15H2,(H2,23,28)(H,24,26). The van der Waals surface area contributed by atoms with Gasteiger partial charge in [-0.25, -0.2) is 0 Å². The Morgan fingerprint density at radius 1 is 0.931 bits per heavy atom. The number of anilines is 1. The highest BCUT2D eigenvalue weighted by Crippen LogP contribution is 2.13. The molecule has 3 amide bonds. The molecule has 3 rings (SSSR count). The lowest BCUT2D eigenvalue weighted by Gasteiger charge is -2.26. The molecule has 2 aromatic rings. The van der Waals surface area contributed by atoms with Crippen molar-refractivity contribution >= 4 is 23.4 Å². The summed E-state index contributed by atoms with van der Waals surface area (Å²) in [6, 6.07) is 14.2. The zero-order chi connectivity index (χ0) is 20.6. The lowest BCUT2D eigenvalue weighted by Crippen LogP contribution is -2.41. The fourth-order valence-electron chi connectivity index (χ4n) is 3.12. The van der Waals surface area contributed by atoms with Crippen molar-refractivity contribution in [3.05, 3.63) is 65.2 Å². The Bertz CT molecular complexity index is 857. The molecule has 29 heavy (non-hydrogen) atoms. The summed E-state index contributed by atoms with van der Waals surface area (Å²) in [5.41, 5.74) is 8.23. The van der Waals surface area contributed by atoms with Crippen molar-refractivity contribution in [3.8, 4) is 0 Å². The van der Waals surface area contributed by atoms with E-state index in [-0.39, 0.29) is 11.8 Å². The van der Waals surface area contributed by atoms with E-state index in [4.69, 9.17) is 10.5 Å². The maximum absolute atomic E-state index is 12.3. The van der Waals surface area contributed by atoms with Crippen LogP contribution < -0.4 is 11.1 Å². The van der Waals surface area contributed by atoms with Crippen molar-refractivity contribution in [1.29, 1.82) is 0 Å². The van der Waals surface area contributed by atoms with Crippen molar-refractivity contribution in [2.75, 3.05) is 31.6 Å². The molecular weight excluding hydrogens is 370 g/mol. The third kappa shape index (κ3) is 6.15. The molecule has 7 nitrogen and oxygen atoms in total. The van der Waals surface area contributed by atoms with Crippen LogP contribution in [0.4, 0.5) is 5.69 Å². The molecule has 0 radical (unpaired) electrons. The van der Waals surface area contributed by atoms with Crippen LogP contribution in [0.15, 0.2) is 48.5 Å². The molecule has 0 bridgehead atoms. The van der Waals surface area contributed by atoms with Crippen molar-refractivity contribution in [2.24, 2.45) is 5.73 Å². The minimum absolute atomic E-state index is 0.0902. The second-order valence-corrected chi connectivity index (χ2v) is 6.98. The van der Waals surface area contributed by atoms with Crippen LogP contribution in [0.2, 0.25) is 0 Å². The maximum Gasteiger partial charge on any atom is 0.248 e. The van der Waals surface area contributed by atoms with E-state index in [1.807, 2.05) is 29.2 Å². The van der Waals surface area contributed by atoms with Gasteiger partial charge in [-0.1, -0.05) is 24.3 Å². The van der Waals surface area contributed by atoms with Crippen molar-refractivity contribution < 1.29 is 19.1 Å². The Labute approximate surface area is 169 Å². The number of amides is 3. The zero-order valence-corrected chi connectivity index (χ0v) is 16.2. The smallest absolute Gasteiger partial charge is 0.248 e. The molecule has 0 aliphatic carbocycles. The van der Waals surface area contributed by atoms with Crippen molar-refractivity contribution in [2.45, 2.75) is 19.3 Å². The molecular formula is C22H25N3O4. The van der Waals surface area contributed by atoms with Crippen LogP contribution in [0.3, 0.4) is 0 Å². The van der Waals surface area contributed by atoms with Crippen molar-refractivity contribution in [1.82, 2.24) is 4.90 Å². The first-order valence-electron chi connectivity index (χ1n) is 9.64. The molecule has 1 aliphatic rings. The molecule has 152 valence electrons. The fraction of sp³-hybridized carbons (Fsp3) is 0.318. The summed E-state index contributed by atoms with van der Waals surface area (Å²) in [5.74, 6) is -0.474. The summed E-state index contributed by atoms with van der Waals surface area (Å²) in [6.07, 6.45) is 1.24. The minimum atomic E-state index is -0.468. The van der Waals surface area contributed by atoms with Crippen LogP contribution in [0, 0.1) is 0 Å². The first kappa shape index (κ1) is 20.5. The van der Waals surface area contributed by atoms with Gasteiger partial charge in [-0.2, -0.15) is 0 Å². The van der Waals surface area contributed by atoms with E-state index in [9.17, 15) is 14.4 Å². The molecule has 0 atom stereocenters. The molecule has 1 heterocycles. The van der Waals surface area contributed by atoms with Gasteiger partial charge in [0, 0.05) is 30.8 Å². The van der Waals surface area contributed by atoms with E-state index < -0.39 is 5.91 Å². The number of nitrogens with two attached hydrogens (primary N) is 1. The first-order chi connectivity index (χ1) is 14.0. The zero-order valence-electron chi connectivity index (χ0n) is 16.2. The first-order valence-corrected chi connectivity index (χ1v) is 9.64.